The highest BCUT2D eigenvalue weighted by Crippen LogP contribution is 2.30. The van der Waals surface area contributed by atoms with Crippen molar-refractivity contribution in [2.75, 3.05) is 44.6 Å². The van der Waals surface area contributed by atoms with Crippen LogP contribution in [-0.4, -0.2) is 57.6 Å². The van der Waals surface area contributed by atoms with E-state index in [2.05, 4.69) is 20.7 Å². The normalized spacial score (nSPS) is 13.2. The number of phenols is 1. The van der Waals surface area contributed by atoms with Crippen LogP contribution in [0.3, 0.4) is 0 Å². The van der Waals surface area contributed by atoms with Crippen molar-refractivity contribution in [3.8, 4) is 23.0 Å². The molecule has 0 aliphatic carbocycles. The first kappa shape index (κ1) is 27.3. The van der Waals surface area contributed by atoms with Crippen molar-refractivity contribution >= 4 is 29.4 Å². The van der Waals surface area contributed by atoms with E-state index in [1.54, 1.807) is 42.5 Å². The number of methoxy groups -OCH3 is 3. The van der Waals surface area contributed by atoms with Gasteiger partial charge in [0.25, 0.3) is 11.8 Å². The van der Waals surface area contributed by atoms with E-state index in [1.165, 1.54) is 40.0 Å². The number of rotatable bonds is 9. The van der Waals surface area contributed by atoms with Crippen molar-refractivity contribution in [2.24, 2.45) is 5.10 Å². The van der Waals surface area contributed by atoms with Crippen LogP contribution in [0.15, 0.2) is 59.7 Å². The fraction of sp³-hybridized carbons (Fsp3) is 0.276. The van der Waals surface area contributed by atoms with E-state index in [9.17, 15) is 14.7 Å². The molecule has 0 bridgehead atoms. The van der Waals surface area contributed by atoms with Crippen molar-refractivity contribution < 1.29 is 28.9 Å². The topological polar surface area (TPSA) is 122 Å². The van der Waals surface area contributed by atoms with Crippen LogP contribution in [0.5, 0.6) is 23.0 Å². The molecule has 1 saturated heterocycles. The number of piperidine rings is 1. The van der Waals surface area contributed by atoms with E-state index in [0.717, 1.165) is 31.6 Å². The van der Waals surface area contributed by atoms with Gasteiger partial charge in [0.1, 0.15) is 0 Å². The highest BCUT2D eigenvalue weighted by Gasteiger charge is 2.19. The van der Waals surface area contributed by atoms with Gasteiger partial charge >= 0.3 is 0 Å². The molecule has 3 aromatic carbocycles. The zero-order valence-electron chi connectivity index (χ0n) is 22.2. The van der Waals surface area contributed by atoms with Gasteiger partial charge in [-0.15, -0.1) is 0 Å². The number of hydrazone groups is 1. The summed E-state index contributed by atoms with van der Waals surface area (Å²) in [4.78, 5) is 28.6. The lowest BCUT2D eigenvalue weighted by Gasteiger charge is -2.29. The monoisotopic (exact) mass is 532 g/mol. The number of benzene rings is 3. The van der Waals surface area contributed by atoms with Crippen LogP contribution >= 0.6 is 0 Å². The molecule has 1 aliphatic heterocycles. The standard InChI is InChI=1S/C29H32N4O6/c1-37-25-12-8-20(16-27(25)39-3)28(35)31-23-10-9-21(33-13-5-4-6-14-33)17-22(23)29(36)32-30-18-19-7-11-24(34)26(15-19)38-2/h7-12,15-18,34H,4-6,13-14H2,1-3H3,(H,31,35)(H,32,36). The van der Waals surface area contributed by atoms with Crippen molar-refractivity contribution in [3.05, 3.63) is 71.3 Å². The molecule has 204 valence electrons. The number of ether oxygens (including phenoxy) is 3. The Balaban J connectivity index is 1.59. The Labute approximate surface area is 227 Å². The summed E-state index contributed by atoms with van der Waals surface area (Å²) in [5.41, 5.74) is 5.01. The van der Waals surface area contributed by atoms with Gasteiger partial charge in [-0.1, -0.05) is 0 Å². The van der Waals surface area contributed by atoms with Gasteiger partial charge in [-0.05, 0) is 79.4 Å². The van der Waals surface area contributed by atoms with Crippen LogP contribution in [0.1, 0.15) is 45.5 Å². The smallest absolute Gasteiger partial charge is 0.273 e. The minimum Gasteiger partial charge on any atom is -0.504 e. The summed E-state index contributed by atoms with van der Waals surface area (Å²) in [5.74, 6) is 0.324. The summed E-state index contributed by atoms with van der Waals surface area (Å²) in [7, 11) is 4.47. The van der Waals surface area contributed by atoms with Crippen LogP contribution in [0, 0.1) is 0 Å². The molecule has 1 heterocycles. The first-order chi connectivity index (χ1) is 18.9. The number of phenolic OH excluding ortho intramolecular Hbond substituents is 1. The summed E-state index contributed by atoms with van der Waals surface area (Å²) < 4.78 is 15.7. The second-order valence-electron chi connectivity index (χ2n) is 8.93. The molecule has 0 atom stereocenters. The van der Waals surface area contributed by atoms with Gasteiger partial charge in [-0.3, -0.25) is 9.59 Å². The highest BCUT2D eigenvalue weighted by molar-refractivity contribution is 6.09. The summed E-state index contributed by atoms with van der Waals surface area (Å²) in [6, 6.07) is 14.9. The molecule has 0 spiro atoms. The molecule has 0 unspecified atom stereocenters. The predicted molar refractivity (Wildman–Crippen MR) is 150 cm³/mol. The Hall–Kier alpha value is -4.73. The lowest BCUT2D eigenvalue weighted by Crippen LogP contribution is -2.30. The third-order valence-electron chi connectivity index (χ3n) is 6.45. The number of nitrogens with zero attached hydrogens (tertiary/aromatic N) is 2. The number of hydrogen-bond donors (Lipinski definition) is 3. The molecule has 1 aliphatic rings. The van der Waals surface area contributed by atoms with Gasteiger partial charge in [0.2, 0.25) is 0 Å². The summed E-state index contributed by atoms with van der Waals surface area (Å²) in [6.45, 7) is 1.80. The van der Waals surface area contributed by atoms with E-state index in [4.69, 9.17) is 14.2 Å². The first-order valence-corrected chi connectivity index (χ1v) is 12.6. The predicted octanol–water partition coefficient (Wildman–Crippen LogP) is 4.42. The quantitative estimate of drug-likeness (QED) is 0.275. The number of hydrogen-bond acceptors (Lipinski definition) is 8. The summed E-state index contributed by atoms with van der Waals surface area (Å²) in [5, 5.41) is 16.7. The van der Waals surface area contributed by atoms with Crippen LogP contribution in [-0.2, 0) is 0 Å². The van der Waals surface area contributed by atoms with E-state index < -0.39 is 11.8 Å². The van der Waals surface area contributed by atoms with E-state index >= 15 is 0 Å². The van der Waals surface area contributed by atoms with Crippen LogP contribution in [0.25, 0.3) is 0 Å². The molecule has 3 aromatic rings. The molecule has 4 rings (SSSR count). The Morgan fingerprint density at radius 2 is 1.59 bits per heavy atom. The molecule has 0 radical (unpaired) electrons. The van der Waals surface area contributed by atoms with Crippen molar-refractivity contribution in [1.29, 1.82) is 0 Å². The fourth-order valence-corrected chi connectivity index (χ4v) is 4.35. The minimum atomic E-state index is -0.488. The molecule has 39 heavy (non-hydrogen) atoms. The Kier molecular flexibility index (Phi) is 8.88. The highest BCUT2D eigenvalue weighted by atomic mass is 16.5. The van der Waals surface area contributed by atoms with Gasteiger partial charge in [0.15, 0.2) is 23.0 Å². The maximum atomic E-state index is 13.3. The van der Waals surface area contributed by atoms with Gasteiger partial charge in [-0.2, -0.15) is 5.10 Å². The Bertz CT molecular complexity index is 1370. The van der Waals surface area contributed by atoms with Crippen LogP contribution in [0.2, 0.25) is 0 Å². The van der Waals surface area contributed by atoms with Crippen LogP contribution < -0.4 is 29.9 Å². The average Bonchev–Trinajstić information content (AvgIpc) is 2.98. The SMILES string of the molecule is COc1cc(C=NNC(=O)c2cc(N3CCCCC3)ccc2NC(=O)c2ccc(OC)c(OC)c2)ccc1O. The lowest BCUT2D eigenvalue weighted by atomic mass is 10.1. The van der Waals surface area contributed by atoms with E-state index in [1.807, 2.05) is 6.07 Å². The zero-order chi connectivity index (χ0) is 27.8. The third kappa shape index (κ3) is 6.59. The number of aromatic hydroxyl groups is 1. The average molecular weight is 533 g/mol. The molecule has 1 fully saturated rings. The number of amides is 2. The third-order valence-corrected chi connectivity index (χ3v) is 6.45. The van der Waals surface area contributed by atoms with Gasteiger partial charge in [0.05, 0.1) is 38.8 Å². The van der Waals surface area contributed by atoms with Crippen molar-refractivity contribution in [1.82, 2.24) is 5.43 Å². The van der Waals surface area contributed by atoms with Crippen molar-refractivity contribution in [3.63, 3.8) is 0 Å². The molecule has 2 amide bonds. The number of carbonyl (C=O) groups is 2. The van der Waals surface area contributed by atoms with Gasteiger partial charge < -0.3 is 29.5 Å². The first-order valence-electron chi connectivity index (χ1n) is 12.6. The second kappa shape index (κ2) is 12.7. The molecule has 0 saturated carbocycles. The second-order valence-corrected chi connectivity index (χ2v) is 8.93. The van der Waals surface area contributed by atoms with Gasteiger partial charge in [-0.25, -0.2) is 5.43 Å². The molecule has 3 N–H and O–H groups in total. The molecular weight excluding hydrogens is 500 g/mol. The minimum absolute atomic E-state index is 0.00285. The fourth-order valence-electron chi connectivity index (χ4n) is 4.35. The molecule has 0 aromatic heterocycles. The summed E-state index contributed by atoms with van der Waals surface area (Å²) in [6.07, 6.45) is 4.79. The zero-order valence-corrected chi connectivity index (χ0v) is 22.2. The number of nitrogens with one attached hydrogen (secondary N) is 2. The maximum Gasteiger partial charge on any atom is 0.273 e. The molecule has 10 nitrogen and oxygen atoms in total. The molecule has 10 heteroatoms. The van der Waals surface area contributed by atoms with Gasteiger partial charge in [0, 0.05) is 24.3 Å². The number of carbonyl (C=O) groups excluding carboxylic acids is 2. The Morgan fingerprint density at radius 3 is 2.31 bits per heavy atom. The number of anilines is 2. The van der Waals surface area contributed by atoms with E-state index in [0.29, 0.717) is 34.1 Å². The maximum absolute atomic E-state index is 13.3. The lowest BCUT2D eigenvalue weighted by molar-refractivity contribution is 0.0956. The van der Waals surface area contributed by atoms with Crippen molar-refractivity contribution in [2.45, 2.75) is 19.3 Å². The molecular formula is C29H32N4O6. The van der Waals surface area contributed by atoms with E-state index in [-0.39, 0.29) is 11.3 Å². The Morgan fingerprint density at radius 1 is 0.846 bits per heavy atom. The summed E-state index contributed by atoms with van der Waals surface area (Å²) >= 11 is 0. The van der Waals surface area contributed by atoms with Crippen LogP contribution in [0.4, 0.5) is 11.4 Å². The largest absolute Gasteiger partial charge is 0.504 e.